The molecule has 0 saturated heterocycles. The van der Waals surface area contributed by atoms with E-state index in [0.29, 0.717) is 5.70 Å². The van der Waals surface area contributed by atoms with Gasteiger partial charge in [0, 0.05) is 11.4 Å². The molecule has 1 heterocycles. The van der Waals surface area contributed by atoms with Crippen LogP contribution in [-0.2, 0) is 4.79 Å². The van der Waals surface area contributed by atoms with Gasteiger partial charge < -0.3 is 10.1 Å². The van der Waals surface area contributed by atoms with E-state index in [1.54, 1.807) is 0 Å². The van der Waals surface area contributed by atoms with Gasteiger partial charge in [-0.15, -0.1) is 0 Å². The van der Waals surface area contributed by atoms with Crippen LogP contribution in [0.2, 0.25) is 0 Å². The third kappa shape index (κ3) is 5.01. The number of carbonyl (C=O) groups excluding carboxylic acids is 1. The van der Waals surface area contributed by atoms with Crippen molar-refractivity contribution in [3.63, 3.8) is 0 Å². The predicted molar refractivity (Wildman–Crippen MR) is 141 cm³/mol. The third-order valence-corrected chi connectivity index (χ3v) is 6.59. The molecular weight excluding hydrogens is 420 g/mol. The fraction of sp³-hybridized carbons (Fsp3) is 0.300. The summed E-state index contributed by atoms with van der Waals surface area (Å²) in [6, 6.07) is 20.3. The van der Waals surface area contributed by atoms with E-state index in [4.69, 9.17) is 4.74 Å². The lowest BCUT2D eigenvalue weighted by Gasteiger charge is -2.26. The Morgan fingerprint density at radius 2 is 1.53 bits per heavy atom. The van der Waals surface area contributed by atoms with Crippen molar-refractivity contribution in [1.82, 2.24) is 0 Å². The van der Waals surface area contributed by atoms with Crippen LogP contribution in [0.1, 0.15) is 53.6 Å². The molecule has 4 rings (SSSR count). The maximum Gasteiger partial charge on any atom is 0.275 e. The average molecular weight is 455 g/mol. The van der Waals surface area contributed by atoms with Crippen molar-refractivity contribution in [2.75, 3.05) is 16.8 Å². The fourth-order valence-electron chi connectivity index (χ4n) is 4.12. The molecule has 1 atom stereocenters. The second kappa shape index (κ2) is 10.2. The summed E-state index contributed by atoms with van der Waals surface area (Å²) in [6.07, 6.45) is 4.17. The standard InChI is InChI=1S/C30H34N2O2/c1-6-7-16-34-27-14-10-24(11-15-27)29-19-28(31-25-12-8-20(2)22(4)17-25)30(33)32(29)26-13-9-21(3)23(5)18-26/h8-15,17-19,29,31H,6-7,16H2,1-5H3. The number of hydrogen-bond acceptors (Lipinski definition) is 3. The molecule has 4 nitrogen and oxygen atoms in total. The molecule has 3 aromatic rings. The van der Waals surface area contributed by atoms with Crippen molar-refractivity contribution in [2.24, 2.45) is 0 Å². The molecular formula is C30H34N2O2. The zero-order valence-corrected chi connectivity index (χ0v) is 20.8. The first kappa shape index (κ1) is 23.6. The van der Waals surface area contributed by atoms with Crippen molar-refractivity contribution in [1.29, 1.82) is 0 Å². The van der Waals surface area contributed by atoms with Crippen LogP contribution in [0.25, 0.3) is 0 Å². The van der Waals surface area contributed by atoms with Gasteiger partial charge in [0.05, 0.1) is 12.6 Å². The van der Waals surface area contributed by atoms with Gasteiger partial charge in [0.25, 0.3) is 5.91 Å². The van der Waals surface area contributed by atoms with Crippen molar-refractivity contribution in [2.45, 2.75) is 53.5 Å². The van der Waals surface area contributed by atoms with Crippen molar-refractivity contribution < 1.29 is 9.53 Å². The average Bonchev–Trinajstić information content (AvgIpc) is 3.14. The van der Waals surface area contributed by atoms with Crippen LogP contribution in [0.3, 0.4) is 0 Å². The van der Waals surface area contributed by atoms with Gasteiger partial charge in [0.15, 0.2) is 0 Å². The first-order valence-electron chi connectivity index (χ1n) is 12.1. The summed E-state index contributed by atoms with van der Waals surface area (Å²) in [5, 5.41) is 3.38. The van der Waals surface area contributed by atoms with E-state index in [9.17, 15) is 4.79 Å². The van der Waals surface area contributed by atoms with Gasteiger partial charge in [0.1, 0.15) is 11.4 Å². The summed E-state index contributed by atoms with van der Waals surface area (Å²) in [5.74, 6) is 0.825. The van der Waals surface area contributed by atoms with Crippen LogP contribution in [0.5, 0.6) is 5.75 Å². The van der Waals surface area contributed by atoms with Crippen LogP contribution in [0.15, 0.2) is 72.4 Å². The SMILES string of the molecule is CCCCOc1ccc(C2C=C(Nc3ccc(C)c(C)c3)C(=O)N2c2ccc(C)c(C)c2)cc1. The van der Waals surface area contributed by atoms with Crippen LogP contribution in [0, 0.1) is 27.7 Å². The van der Waals surface area contributed by atoms with Gasteiger partial charge in [-0.05, 0) is 104 Å². The molecule has 0 fully saturated rings. The Morgan fingerprint density at radius 1 is 0.853 bits per heavy atom. The number of nitrogens with zero attached hydrogens (tertiary/aromatic N) is 1. The Morgan fingerprint density at radius 3 is 2.18 bits per heavy atom. The molecule has 1 amide bonds. The van der Waals surface area contributed by atoms with E-state index >= 15 is 0 Å². The normalized spacial score (nSPS) is 15.4. The Balaban J connectivity index is 1.67. The summed E-state index contributed by atoms with van der Waals surface area (Å²) in [4.78, 5) is 15.5. The Kier molecular flexibility index (Phi) is 7.06. The minimum Gasteiger partial charge on any atom is -0.494 e. The number of amides is 1. The number of ether oxygens (including phenoxy) is 1. The predicted octanol–water partition coefficient (Wildman–Crippen LogP) is 7.18. The van der Waals surface area contributed by atoms with E-state index in [1.165, 1.54) is 22.3 Å². The monoisotopic (exact) mass is 454 g/mol. The molecule has 1 N–H and O–H groups in total. The van der Waals surface area contributed by atoms with Gasteiger partial charge in [0.2, 0.25) is 0 Å². The fourth-order valence-corrected chi connectivity index (χ4v) is 4.12. The number of unbranched alkanes of at least 4 members (excludes halogenated alkanes) is 1. The Bertz CT molecular complexity index is 1210. The maximum atomic E-state index is 13.7. The molecule has 3 aromatic carbocycles. The van der Waals surface area contributed by atoms with Gasteiger partial charge in [-0.25, -0.2) is 0 Å². The van der Waals surface area contributed by atoms with Gasteiger partial charge in [-0.1, -0.05) is 37.6 Å². The molecule has 0 saturated carbocycles. The lowest BCUT2D eigenvalue weighted by atomic mass is 10.0. The zero-order chi connectivity index (χ0) is 24.2. The molecule has 1 unspecified atom stereocenters. The molecule has 0 spiro atoms. The van der Waals surface area contributed by atoms with E-state index in [-0.39, 0.29) is 11.9 Å². The number of benzene rings is 3. The van der Waals surface area contributed by atoms with Gasteiger partial charge in [-0.3, -0.25) is 9.69 Å². The Labute approximate surface area is 203 Å². The Hall–Kier alpha value is -3.53. The second-order valence-electron chi connectivity index (χ2n) is 9.16. The van der Waals surface area contributed by atoms with Crippen molar-refractivity contribution in [3.05, 3.63) is 100 Å². The van der Waals surface area contributed by atoms with E-state index in [1.807, 2.05) is 35.2 Å². The minimum absolute atomic E-state index is 0.0326. The molecule has 0 aromatic heterocycles. The molecule has 0 aliphatic carbocycles. The summed E-state index contributed by atoms with van der Waals surface area (Å²) in [5.41, 5.74) is 8.25. The number of aryl methyl sites for hydroxylation is 4. The molecule has 0 bridgehead atoms. The topological polar surface area (TPSA) is 41.6 Å². The third-order valence-electron chi connectivity index (χ3n) is 6.59. The lowest BCUT2D eigenvalue weighted by Crippen LogP contribution is -2.30. The van der Waals surface area contributed by atoms with Crippen molar-refractivity contribution >= 4 is 17.3 Å². The van der Waals surface area contributed by atoms with Crippen molar-refractivity contribution in [3.8, 4) is 5.75 Å². The number of anilines is 2. The minimum atomic E-state index is -0.201. The summed E-state index contributed by atoms with van der Waals surface area (Å²) >= 11 is 0. The first-order valence-corrected chi connectivity index (χ1v) is 12.1. The molecule has 0 radical (unpaired) electrons. The number of hydrogen-bond donors (Lipinski definition) is 1. The summed E-state index contributed by atoms with van der Waals surface area (Å²) in [7, 11) is 0. The molecule has 34 heavy (non-hydrogen) atoms. The highest BCUT2D eigenvalue weighted by atomic mass is 16.5. The zero-order valence-electron chi connectivity index (χ0n) is 20.8. The highest BCUT2D eigenvalue weighted by molar-refractivity contribution is 6.11. The summed E-state index contributed by atoms with van der Waals surface area (Å²) in [6.45, 7) is 11.2. The summed E-state index contributed by atoms with van der Waals surface area (Å²) < 4.78 is 5.84. The first-order chi connectivity index (χ1) is 16.4. The van der Waals surface area contributed by atoms with E-state index in [2.05, 4.69) is 76.3 Å². The van der Waals surface area contributed by atoms with E-state index in [0.717, 1.165) is 42.1 Å². The number of rotatable bonds is 8. The lowest BCUT2D eigenvalue weighted by molar-refractivity contribution is -0.114. The number of nitrogens with one attached hydrogen (secondary N) is 1. The molecule has 176 valence electrons. The molecule has 1 aliphatic rings. The quantitative estimate of drug-likeness (QED) is 0.366. The van der Waals surface area contributed by atoms with Crippen LogP contribution < -0.4 is 15.0 Å². The maximum absolute atomic E-state index is 13.7. The highest BCUT2D eigenvalue weighted by Crippen LogP contribution is 2.37. The molecule has 4 heteroatoms. The van der Waals surface area contributed by atoms with Gasteiger partial charge >= 0.3 is 0 Å². The van der Waals surface area contributed by atoms with Crippen LogP contribution >= 0.6 is 0 Å². The van der Waals surface area contributed by atoms with Crippen LogP contribution in [-0.4, -0.2) is 12.5 Å². The smallest absolute Gasteiger partial charge is 0.275 e. The largest absolute Gasteiger partial charge is 0.494 e. The van der Waals surface area contributed by atoms with E-state index < -0.39 is 0 Å². The van der Waals surface area contributed by atoms with Crippen LogP contribution in [0.4, 0.5) is 11.4 Å². The number of carbonyl (C=O) groups is 1. The van der Waals surface area contributed by atoms with Gasteiger partial charge in [-0.2, -0.15) is 0 Å². The second-order valence-corrected chi connectivity index (χ2v) is 9.16. The molecule has 1 aliphatic heterocycles. The highest BCUT2D eigenvalue weighted by Gasteiger charge is 2.35.